The van der Waals surface area contributed by atoms with Crippen molar-refractivity contribution in [2.45, 2.75) is 117 Å². The number of ether oxygens (including phenoxy) is 9. The smallest absolute Gasteiger partial charge is 0.335 e. The van der Waals surface area contributed by atoms with E-state index in [-0.39, 0.29) is 39.6 Å². The number of carboxylic acids is 2. The maximum absolute atomic E-state index is 12.4. The minimum atomic E-state index is -1.61. The number of carbonyl (C=O) groups is 2. The molecule has 4 fully saturated rings. The number of hydrogen-bond acceptors (Lipinski definition) is 19. The van der Waals surface area contributed by atoms with Crippen LogP contribution in [0.4, 0.5) is 0 Å². The van der Waals surface area contributed by atoms with E-state index in [1.54, 1.807) is 20.9 Å². The topological polar surface area (TPSA) is 317 Å². The number of likely N-dealkylation sites (N-methyl/N-ethyl adjacent to an activating group) is 1. The number of methoxy groups -OCH3 is 2. The molecule has 0 aromatic rings. The second-order valence-electron chi connectivity index (χ2n) is 14.7. The second-order valence-corrected chi connectivity index (χ2v) is 14.7. The second kappa shape index (κ2) is 20.8. The fourth-order valence-electron chi connectivity index (χ4n) is 7.85. The van der Waals surface area contributed by atoms with Crippen molar-refractivity contribution in [2.75, 3.05) is 67.5 Å². The molecule has 0 aliphatic carbocycles. The molecule has 11 N–H and O–H groups in total. The Morgan fingerprint density at radius 3 is 1.84 bits per heavy atom. The standard InChI is InChI=1S/C34H60N2O19/c1-13-18(10-49-7-15-14(2)52-19(9-47-4)22(35)25(15)39)54-32(34(45)46)30(24(13)38)51-12-20-23(36-3)26(40)16(17(6-37)53-20)8-50-11-21-27(41)28(42)29(48-5)31(55-21)33(43)44/h13-32,36-42H,6-12,35H2,1-5H3,(H,43,44)(H,45,46)/t13?,14?,15-,16-,17?,18+,19-,20-,21+,22?,23?,24+,25-,26-,27?,28+,29+,30-,31?,32?/m1/s1. The maximum atomic E-state index is 12.4. The van der Waals surface area contributed by atoms with Crippen LogP contribution >= 0.6 is 0 Å². The number of rotatable bonds is 18. The summed E-state index contributed by atoms with van der Waals surface area (Å²) < 4.78 is 50.9. The lowest BCUT2D eigenvalue weighted by Crippen LogP contribution is -2.64. The Kier molecular flexibility index (Phi) is 17.4. The number of nitrogens with one attached hydrogen (secondary N) is 1. The molecule has 4 aliphatic heterocycles. The summed E-state index contributed by atoms with van der Waals surface area (Å²) in [6, 6.07) is -1.54. The van der Waals surface area contributed by atoms with Gasteiger partial charge in [-0.3, -0.25) is 0 Å². The summed E-state index contributed by atoms with van der Waals surface area (Å²) in [5, 5.41) is 87.0. The van der Waals surface area contributed by atoms with Crippen LogP contribution in [-0.2, 0) is 52.2 Å². The van der Waals surface area contributed by atoms with E-state index in [4.69, 9.17) is 48.4 Å². The van der Waals surface area contributed by atoms with Crippen LogP contribution in [0.2, 0.25) is 0 Å². The predicted molar refractivity (Wildman–Crippen MR) is 184 cm³/mol. The third-order valence-corrected chi connectivity index (χ3v) is 11.3. The van der Waals surface area contributed by atoms with Crippen molar-refractivity contribution < 1.29 is 93.1 Å². The van der Waals surface area contributed by atoms with Gasteiger partial charge in [0.2, 0.25) is 0 Å². The van der Waals surface area contributed by atoms with Crippen LogP contribution in [0.15, 0.2) is 0 Å². The molecule has 20 atom stereocenters. The highest BCUT2D eigenvalue weighted by molar-refractivity contribution is 5.74. The first-order valence-electron chi connectivity index (χ1n) is 18.4. The van der Waals surface area contributed by atoms with Crippen LogP contribution < -0.4 is 11.1 Å². The third-order valence-electron chi connectivity index (χ3n) is 11.3. The van der Waals surface area contributed by atoms with E-state index >= 15 is 0 Å². The van der Waals surface area contributed by atoms with Gasteiger partial charge in [0.15, 0.2) is 12.2 Å². The molecule has 8 unspecified atom stereocenters. The summed E-state index contributed by atoms with van der Waals surface area (Å²) >= 11 is 0. The van der Waals surface area contributed by atoms with E-state index in [2.05, 4.69) is 5.32 Å². The summed E-state index contributed by atoms with van der Waals surface area (Å²) in [7, 11) is 4.23. The zero-order valence-electron chi connectivity index (χ0n) is 31.6. The van der Waals surface area contributed by atoms with Gasteiger partial charge in [0.25, 0.3) is 0 Å². The SMILES string of the molecule is CNC1[C@@H](CO[C@H]2C(C(=O)O)O[C@@H](COC[C@@H]3C(C)O[C@H](COC)C(N)[C@@H]3O)C(C)[C@@H]2O)OC(CO)[C@@H](COC[C@@H]2OC(C(=O)O)[C@@H](OC)[C@@H](O)C2O)[C@H]1O. The summed E-state index contributed by atoms with van der Waals surface area (Å²) in [5.41, 5.74) is 6.15. The van der Waals surface area contributed by atoms with Gasteiger partial charge in [0.05, 0.1) is 107 Å². The molecule has 0 saturated carbocycles. The molecule has 4 saturated heterocycles. The quantitative estimate of drug-likeness (QED) is 0.0620. The number of carboxylic acid groups (broad SMARTS) is 2. The van der Waals surface area contributed by atoms with Crippen LogP contribution in [0.1, 0.15) is 13.8 Å². The summed E-state index contributed by atoms with van der Waals surface area (Å²) in [6.45, 7) is 2.06. The van der Waals surface area contributed by atoms with Gasteiger partial charge in [0.1, 0.15) is 30.5 Å². The molecule has 0 radical (unpaired) electrons. The molecule has 0 bridgehead atoms. The van der Waals surface area contributed by atoms with Crippen molar-refractivity contribution in [1.29, 1.82) is 0 Å². The monoisotopic (exact) mass is 800 g/mol. The average molecular weight is 801 g/mol. The van der Waals surface area contributed by atoms with Crippen molar-refractivity contribution in [3.8, 4) is 0 Å². The molecular weight excluding hydrogens is 740 g/mol. The Labute approximate surface area is 318 Å². The first kappa shape index (κ1) is 46.0. The Hall–Kier alpha value is -1.74. The lowest BCUT2D eigenvalue weighted by atomic mass is 9.85. The van der Waals surface area contributed by atoms with Gasteiger partial charge in [-0.2, -0.15) is 0 Å². The Morgan fingerprint density at radius 2 is 1.25 bits per heavy atom. The van der Waals surface area contributed by atoms with Crippen LogP contribution in [0.5, 0.6) is 0 Å². The summed E-state index contributed by atoms with van der Waals surface area (Å²) in [6.07, 6.45) is -17.5. The molecule has 0 amide bonds. The number of aliphatic hydroxyl groups excluding tert-OH is 6. The number of nitrogens with two attached hydrogens (primary N) is 1. The Balaban J connectivity index is 1.32. The highest BCUT2D eigenvalue weighted by Gasteiger charge is 2.51. The lowest BCUT2D eigenvalue weighted by molar-refractivity contribution is -0.251. The van der Waals surface area contributed by atoms with E-state index in [1.165, 1.54) is 14.2 Å². The number of hydrogen-bond donors (Lipinski definition) is 10. The molecule has 0 spiro atoms. The fourth-order valence-corrected chi connectivity index (χ4v) is 7.85. The highest BCUT2D eigenvalue weighted by Crippen LogP contribution is 2.33. The molecule has 320 valence electrons. The molecule has 4 heterocycles. The van der Waals surface area contributed by atoms with Crippen molar-refractivity contribution in [3.05, 3.63) is 0 Å². The zero-order chi connectivity index (χ0) is 40.7. The van der Waals surface area contributed by atoms with Crippen molar-refractivity contribution in [1.82, 2.24) is 5.32 Å². The largest absolute Gasteiger partial charge is 0.479 e. The van der Waals surface area contributed by atoms with Crippen LogP contribution in [0.25, 0.3) is 0 Å². The summed E-state index contributed by atoms with van der Waals surface area (Å²) in [5.74, 6) is -4.80. The zero-order valence-corrected chi connectivity index (χ0v) is 31.6. The van der Waals surface area contributed by atoms with E-state index in [1.807, 2.05) is 0 Å². The molecule has 0 aromatic carbocycles. The van der Waals surface area contributed by atoms with Gasteiger partial charge < -0.3 is 94.5 Å². The average Bonchev–Trinajstić information content (AvgIpc) is 3.15. The highest BCUT2D eigenvalue weighted by atomic mass is 16.6. The van der Waals surface area contributed by atoms with E-state index in [0.717, 1.165) is 0 Å². The molecular formula is C34H60N2O19. The van der Waals surface area contributed by atoms with Crippen LogP contribution in [0, 0.1) is 17.8 Å². The van der Waals surface area contributed by atoms with Crippen molar-refractivity contribution >= 4 is 11.9 Å². The maximum Gasteiger partial charge on any atom is 0.335 e. The van der Waals surface area contributed by atoms with Gasteiger partial charge >= 0.3 is 11.9 Å². The van der Waals surface area contributed by atoms with Gasteiger partial charge in [-0.25, -0.2) is 9.59 Å². The first-order chi connectivity index (χ1) is 26.1. The van der Waals surface area contributed by atoms with Gasteiger partial charge in [-0.1, -0.05) is 6.92 Å². The fraction of sp³-hybridized carbons (Fsp3) is 0.941. The first-order valence-corrected chi connectivity index (χ1v) is 18.4. The van der Waals surface area contributed by atoms with E-state index in [0.29, 0.717) is 0 Å². The Morgan fingerprint density at radius 1 is 0.655 bits per heavy atom. The predicted octanol–water partition coefficient (Wildman–Crippen LogP) is -5.09. The molecule has 21 heteroatoms. The van der Waals surface area contributed by atoms with Gasteiger partial charge in [-0.05, 0) is 14.0 Å². The minimum Gasteiger partial charge on any atom is -0.479 e. The number of aliphatic carboxylic acids is 2. The third kappa shape index (κ3) is 10.5. The van der Waals surface area contributed by atoms with E-state index in [9.17, 15) is 50.4 Å². The van der Waals surface area contributed by atoms with Gasteiger partial charge in [-0.15, -0.1) is 0 Å². The molecule has 21 nitrogen and oxygen atoms in total. The molecule has 4 rings (SSSR count). The number of aliphatic hydroxyl groups is 6. The normalized spacial score (nSPS) is 45.3. The molecule has 55 heavy (non-hydrogen) atoms. The van der Waals surface area contributed by atoms with Crippen LogP contribution in [-0.4, -0.2) is 224 Å². The Bertz CT molecular complexity index is 1210. The minimum absolute atomic E-state index is 0.0281. The van der Waals surface area contributed by atoms with Crippen molar-refractivity contribution in [2.24, 2.45) is 23.5 Å². The van der Waals surface area contributed by atoms with Gasteiger partial charge in [0, 0.05) is 32.0 Å². The molecule has 0 aromatic heterocycles. The van der Waals surface area contributed by atoms with Crippen molar-refractivity contribution in [3.63, 3.8) is 0 Å². The summed E-state index contributed by atoms with van der Waals surface area (Å²) in [4.78, 5) is 24.0. The van der Waals surface area contributed by atoms with E-state index < -0.39 is 140 Å². The lowest BCUT2D eigenvalue weighted by Gasteiger charge is -2.46. The molecule has 4 aliphatic rings. The van der Waals surface area contributed by atoms with Crippen LogP contribution in [0.3, 0.4) is 0 Å².